The van der Waals surface area contributed by atoms with Gasteiger partial charge in [0.25, 0.3) is 0 Å². The van der Waals surface area contributed by atoms with Crippen molar-refractivity contribution in [3.63, 3.8) is 0 Å². The van der Waals surface area contributed by atoms with Gasteiger partial charge in [-0.1, -0.05) is 24.3 Å². The van der Waals surface area contributed by atoms with Crippen LogP contribution in [-0.2, 0) is 12.8 Å². The minimum atomic E-state index is 1.09. The van der Waals surface area contributed by atoms with Crippen LogP contribution >= 0.6 is 0 Å². The lowest BCUT2D eigenvalue weighted by atomic mass is 9.85. The Kier molecular flexibility index (Phi) is 1.46. The molecule has 0 fully saturated rings. The monoisotopic (exact) mass is 205 g/mol. The number of hydrogen-bond acceptors (Lipinski definition) is 1. The molecule has 0 atom stereocenters. The van der Waals surface area contributed by atoms with E-state index in [1.54, 1.807) is 0 Å². The van der Waals surface area contributed by atoms with E-state index in [0.717, 1.165) is 11.0 Å². The van der Waals surface area contributed by atoms with Crippen LogP contribution in [0.4, 0.5) is 0 Å². The second kappa shape index (κ2) is 2.82. The molecular formula is C15H11N. The van der Waals surface area contributed by atoms with Crippen molar-refractivity contribution in [1.82, 2.24) is 4.98 Å². The van der Waals surface area contributed by atoms with Crippen LogP contribution in [0.5, 0.6) is 0 Å². The minimum absolute atomic E-state index is 1.09. The molecule has 1 heterocycles. The van der Waals surface area contributed by atoms with Gasteiger partial charge in [-0.05, 0) is 42.2 Å². The zero-order valence-corrected chi connectivity index (χ0v) is 8.90. The van der Waals surface area contributed by atoms with Crippen LogP contribution in [0, 0.1) is 0 Å². The molecule has 0 N–H and O–H groups in total. The van der Waals surface area contributed by atoms with Gasteiger partial charge in [-0.15, -0.1) is 0 Å². The van der Waals surface area contributed by atoms with Crippen molar-refractivity contribution < 1.29 is 0 Å². The molecular weight excluding hydrogens is 194 g/mol. The summed E-state index contributed by atoms with van der Waals surface area (Å²) in [5, 5.41) is 2.60. The first kappa shape index (κ1) is 8.28. The zero-order chi connectivity index (χ0) is 10.5. The van der Waals surface area contributed by atoms with Crippen LogP contribution in [0.2, 0.25) is 0 Å². The molecule has 1 aliphatic rings. The van der Waals surface area contributed by atoms with E-state index in [1.807, 2.05) is 6.07 Å². The van der Waals surface area contributed by atoms with Gasteiger partial charge in [0.05, 0.1) is 11.0 Å². The van der Waals surface area contributed by atoms with E-state index in [2.05, 4.69) is 36.4 Å². The van der Waals surface area contributed by atoms with Crippen molar-refractivity contribution in [3.8, 4) is 0 Å². The SMILES string of the molecule is c1ccc2nc3ccc4c(c3cc2c1)CC4. The third-order valence-electron chi connectivity index (χ3n) is 3.55. The molecule has 3 aromatic rings. The summed E-state index contributed by atoms with van der Waals surface area (Å²) >= 11 is 0. The molecule has 0 amide bonds. The van der Waals surface area contributed by atoms with Crippen LogP contribution < -0.4 is 0 Å². The van der Waals surface area contributed by atoms with Crippen LogP contribution in [0.15, 0.2) is 42.5 Å². The van der Waals surface area contributed by atoms with Gasteiger partial charge in [0, 0.05) is 10.8 Å². The van der Waals surface area contributed by atoms with Crippen molar-refractivity contribution in [2.75, 3.05) is 0 Å². The molecule has 1 aliphatic carbocycles. The van der Waals surface area contributed by atoms with Crippen LogP contribution in [0.1, 0.15) is 11.1 Å². The van der Waals surface area contributed by atoms with Gasteiger partial charge in [0.1, 0.15) is 0 Å². The van der Waals surface area contributed by atoms with Crippen molar-refractivity contribution in [3.05, 3.63) is 53.6 Å². The van der Waals surface area contributed by atoms with E-state index in [9.17, 15) is 0 Å². The lowest BCUT2D eigenvalue weighted by Crippen LogP contribution is -2.08. The maximum Gasteiger partial charge on any atom is 0.0712 e. The number of aryl methyl sites for hydroxylation is 2. The van der Waals surface area contributed by atoms with Crippen molar-refractivity contribution in [2.24, 2.45) is 0 Å². The molecule has 76 valence electrons. The van der Waals surface area contributed by atoms with Gasteiger partial charge in [-0.2, -0.15) is 0 Å². The largest absolute Gasteiger partial charge is 0.248 e. The second-order valence-electron chi connectivity index (χ2n) is 4.45. The predicted molar refractivity (Wildman–Crippen MR) is 66.7 cm³/mol. The van der Waals surface area contributed by atoms with Gasteiger partial charge in [0.2, 0.25) is 0 Å². The number of pyridine rings is 1. The Morgan fingerprint density at radius 2 is 1.81 bits per heavy atom. The van der Waals surface area contributed by atoms with Gasteiger partial charge >= 0.3 is 0 Å². The van der Waals surface area contributed by atoms with Crippen molar-refractivity contribution in [1.29, 1.82) is 0 Å². The molecule has 0 aliphatic heterocycles. The van der Waals surface area contributed by atoms with Gasteiger partial charge in [0.15, 0.2) is 0 Å². The average molecular weight is 205 g/mol. The maximum atomic E-state index is 4.71. The van der Waals surface area contributed by atoms with E-state index in [4.69, 9.17) is 4.98 Å². The highest BCUT2D eigenvalue weighted by atomic mass is 14.7. The summed E-state index contributed by atoms with van der Waals surface area (Å²) in [5.41, 5.74) is 5.24. The lowest BCUT2D eigenvalue weighted by molar-refractivity contribution is 0.851. The predicted octanol–water partition coefficient (Wildman–Crippen LogP) is 3.49. The Hall–Kier alpha value is -1.89. The minimum Gasteiger partial charge on any atom is -0.248 e. The van der Waals surface area contributed by atoms with E-state index < -0.39 is 0 Å². The standard InChI is InChI=1S/C15H11N/c1-2-4-14-11(3-1)9-13-12-7-5-10(12)6-8-15(13)16-14/h1-4,6,8-9H,5,7H2. The first-order valence-electron chi connectivity index (χ1n) is 5.72. The van der Waals surface area contributed by atoms with Crippen molar-refractivity contribution >= 4 is 21.8 Å². The molecule has 0 spiro atoms. The van der Waals surface area contributed by atoms with Crippen LogP contribution in [0.3, 0.4) is 0 Å². The fourth-order valence-corrected chi connectivity index (χ4v) is 2.57. The third kappa shape index (κ3) is 0.977. The first-order valence-corrected chi connectivity index (χ1v) is 5.72. The Bertz CT molecular complexity index is 713. The fourth-order valence-electron chi connectivity index (χ4n) is 2.57. The Balaban J connectivity index is 2.21. The highest BCUT2D eigenvalue weighted by Gasteiger charge is 2.16. The molecule has 1 heteroatoms. The Morgan fingerprint density at radius 3 is 2.69 bits per heavy atom. The average Bonchev–Trinajstić information content (AvgIpc) is 2.27. The summed E-state index contributed by atoms with van der Waals surface area (Å²) in [5.74, 6) is 0. The van der Waals surface area contributed by atoms with Crippen LogP contribution in [-0.4, -0.2) is 4.98 Å². The zero-order valence-electron chi connectivity index (χ0n) is 8.90. The number of fused-ring (bicyclic) bond motifs is 4. The Labute approximate surface area is 93.7 Å². The number of benzene rings is 2. The summed E-state index contributed by atoms with van der Waals surface area (Å²) in [6.45, 7) is 0. The molecule has 1 aromatic heterocycles. The summed E-state index contributed by atoms with van der Waals surface area (Å²) < 4.78 is 0. The molecule has 1 nitrogen and oxygen atoms in total. The van der Waals surface area contributed by atoms with Crippen LogP contribution in [0.25, 0.3) is 21.8 Å². The third-order valence-corrected chi connectivity index (χ3v) is 3.55. The quantitative estimate of drug-likeness (QED) is 0.512. The number of rotatable bonds is 0. The molecule has 0 saturated heterocycles. The molecule has 0 bridgehead atoms. The fraction of sp³-hybridized carbons (Fsp3) is 0.133. The second-order valence-corrected chi connectivity index (χ2v) is 4.45. The molecule has 0 unspecified atom stereocenters. The van der Waals surface area contributed by atoms with Gasteiger partial charge < -0.3 is 0 Å². The summed E-state index contributed by atoms with van der Waals surface area (Å²) in [6, 6.07) is 15.0. The van der Waals surface area contributed by atoms with E-state index in [-0.39, 0.29) is 0 Å². The summed E-state index contributed by atoms with van der Waals surface area (Å²) in [6.07, 6.45) is 2.45. The van der Waals surface area contributed by atoms with Crippen molar-refractivity contribution in [2.45, 2.75) is 12.8 Å². The summed E-state index contributed by atoms with van der Waals surface area (Å²) in [4.78, 5) is 4.71. The Morgan fingerprint density at radius 1 is 0.875 bits per heavy atom. The van der Waals surface area contributed by atoms with E-state index in [0.29, 0.717) is 0 Å². The molecule has 0 radical (unpaired) electrons. The topological polar surface area (TPSA) is 12.9 Å². The first-order chi connectivity index (χ1) is 7.92. The normalized spacial score (nSPS) is 13.8. The maximum absolute atomic E-state index is 4.71. The van der Waals surface area contributed by atoms with Gasteiger partial charge in [-0.3, -0.25) is 0 Å². The molecule has 0 saturated carbocycles. The molecule has 16 heavy (non-hydrogen) atoms. The number of aromatic nitrogens is 1. The molecule has 4 rings (SSSR count). The van der Waals surface area contributed by atoms with Gasteiger partial charge in [-0.25, -0.2) is 4.98 Å². The number of nitrogens with zero attached hydrogens (tertiary/aromatic N) is 1. The summed E-state index contributed by atoms with van der Waals surface area (Å²) in [7, 11) is 0. The number of hydrogen-bond donors (Lipinski definition) is 0. The van der Waals surface area contributed by atoms with E-state index >= 15 is 0 Å². The smallest absolute Gasteiger partial charge is 0.0712 e. The molecule has 2 aromatic carbocycles. The highest BCUT2D eigenvalue weighted by molar-refractivity contribution is 5.95. The van der Waals surface area contributed by atoms with E-state index in [1.165, 1.54) is 34.7 Å². The highest BCUT2D eigenvalue weighted by Crippen LogP contribution is 2.31. The number of para-hydroxylation sites is 1. The lowest BCUT2D eigenvalue weighted by Gasteiger charge is -2.20.